The number of ketones is 1. The molecule has 1 atom stereocenters. The van der Waals surface area contributed by atoms with Gasteiger partial charge in [0.25, 0.3) is 5.91 Å². The topological polar surface area (TPSA) is 79.8 Å². The van der Waals surface area contributed by atoms with Crippen LogP contribution in [0.1, 0.15) is 55.9 Å². The van der Waals surface area contributed by atoms with Crippen LogP contribution in [0.25, 0.3) is 0 Å². The predicted octanol–water partition coefficient (Wildman–Crippen LogP) is 3.42. The summed E-state index contributed by atoms with van der Waals surface area (Å²) in [5.41, 5.74) is 0.0542. The van der Waals surface area contributed by atoms with Gasteiger partial charge in [-0.2, -0.15) is 0 Å². The summed E-state index contributed by atoms with van der Waals surface area (Å²) >= 11 is 1.27. The van der Waals surface area contributed by atoms with Crippen molar-refractivity contribution in [1.29, 1.82) is 0 Å². The van der Waals surface area contributed by atoms with Crippen molar-refractivity contribution in [3.63, 3.8) is 0 Å². The quantitative estimate of drug-likeness (QED) is 0.421. The fourth-order valence-corrected chi connectivity index (χ4v) is 3.73. The van der Waals surface area contributed by atoms with E-state index < -0.39 is 17.4 Å². The molecule has 2 aromatic heterocycles. The molecule has 148 valence electrons. The Morgan fingerprint density at radius 3 is 2.57 bits per heavy atom. The summed E-state index contributed by atoms with van der Waals surface area (Å²) in [7, 11) is 0. The third-order valence-electron chi connectivity index (χ3n) is 4.22. The maximum atomic E-state index is 13.3. The summed E-state index contributed by atoms with van der Waals surface area (Å²) in [5, 5.41) is 4.33. The molecule has 0 radical (unpaired) electrons. The Hall–Kier alpha value is -2.74. The minimum Gasteiger partial charge on any atom is -0.475 e. The van der Waals surface area contributed by atoms with E-state index in [1.807, 2.05) is 34.6 Å². The van der Waals surface area contributed by atoms with E-state index in [2.05, 4.69) is 4.98 Å². The van der Waals surface area contributed by atoms with Crippen LogP contribution in [0.15, 0.2) is 29.6 Å². The second-order valence-electron chi connectivity index (χ2n) is 7.77. The minimum atomic E-state index is -1.12. The Kier molecular flexibility index (Phi) is 5.25. The number of fused-ring (bicyclic) bond motifs is 1. The van der Waals surface area contributed by atoms with Gasteiger partial charge in [0, 0.05) is 6.07 Å². The number of pyridine rings is 1. The number of hydrazine groups is 1. The SMILES string of the molecule is CC(C)Oc1ccc2c(n1)C(C(=O)c1cccs1)C(=O)N2N(C=O)C(C)(C)C. The largest absolute Gasteiger partial charge is 0.475 e. The average molecular weight is 401 g/mol. The van der Waals surface area contributed by atoms with Crippen LogP contribution < -0.4 is 9.75 Å². The Bertz CT molecular complexity index is 903. The summed E-state index contributed by atoms with van der Waals surface area (Å²) < 4.78 is 5.65. The third kappa shape index (κ3) is 3.52. The van der Waals surface area contributed by atoms with Gasteiger partial charge < -0.3 is 4.74 Å². The lowest BCUT2D eigenvalue weighted by Crippen LogP contribution is -2.54. The van der Waals surface area contributed by atoms with E-state index in [0.29, 0.717) is 28.5 Å². The number of ether oxygens (including phenoxy) is 1. The maximum absolute atomic E-state index is 13.3. The molecular weight excluding hydrogens is 378 g/mol. The number of aromatic nitrogens is 1. The molecule has 1 aliphatic heterocycles. The molecule has 8 heteroatoms. The number of Topliss-reactive ketones (excluding diaryl/α,β-unsaturated/α-hetero) is 1. The van der Waals surface area contributed by atoms with E-state index in [1.54, 1.807) is 29.6 Å². The van der Waals surface area contributed by atoms with Crippen LogP contribution in [-0.2, 0) is 9.59 Å². The Balaban J connectivity index is 2.13. The fourth-order valence-electron chi connectivity index (χ4n) is 3.03. The molecule has 0 N–H and O–H groups in total. The first-order valence-corrected chi connectivity index (χ1v) is 9.87. The molecular formula is C20H23N3O4S. The second-order valence-corrected chi connectivity index (χ2v) is 8.71. The molecule has 1 aliphatic rings. The van der Waals surface area contributed by atoms with E-state index >= 15 is 0 Å². The van der Waals surface area contributed by atoms with Gasteiger partial charge in [0.15, 0.2) is 5.78 Å². The molecule has 0 saturated heterocycles. The van der Waals surface area contributed by atoms with Crippen LogP contribution in [0.4, 0.5) is 5.69 Å². The number of anilines is 1. The Labute approximate surface area is 167 Å². The molecule has 2 amide bonds. The van der Waals surface area contributed by atoms with E-state index in [0.717, 1.165) is 0 Å². The Morgan fingerprint density at radius 2 is 2.04 bits per heavy atom. The van der Waals surface area contributed by atoms with E-state index in [9.17, 15) is 14.4 Å². The monoisotopic (exact) mass is 401 g/mol. The van der Waals surface area contributed by atoms with Gasteiger partial charge in [-0.05, 0) is 52.1 Å². The van der Waals surface area contributed by atoms with Gasteiger partial charge in [-0.1, -0.05) is 6.07 Å². The first-order chi connectivity index (χ1) is 13.1. The van der Waals surface area contributed by atoms with Crippen LogP contribution in [0.2, 0.25) is 0 Å². The number of amides is 2. The van der Waals surface area contributed by atoms with Crippen LogP contribution in [-0.4, -0.2) is 39.7 Å². The van der Waals surface area contributed by atoms with E-state index in [1.165, 1.54) is 21.4 Å². The molecule has 0 spiro atoms. The lowest BCUT2D eigenvalue weighted by atomic mass is 10.00. The van der Waals surface area contributed by atoms with Gasteiger partial charge in [0.1, 0.15) is 5.92 Å². The van der Waals surface area contributed by atoms with Gasteiger partial charge in [0.2, 0.25) is 12.3 Å². The third-order valence-corrected chi connectivity index (χ3v) is 5.10. The highest BCUT2D eigenvalue weighted by molar-refractivity contribution is 7.12. The van der Waals surface area contributed by atoms with Crippen molar-refractivity contribution in [2.24, 2.45) is 0 Å². The van der Waals surface area contributed by atoms with Crippen molar-refractivity contribution in [3.8, 4) is 5.88 Å². The van der Waals surface area contributed by atoms with E-state index in [-0.39, 0.29) is 11.9 Å². The number of hydrogen-bond acceptors (Lipinski definition) is 6. The van der Waals surface area contributed by atoms with Gasteiger partial charge in [0.05, 0.1) is 27.9 Å². The zero-order chi connectivity index (χ0) is 20.6. The molecule has 0 aliphatic carbocycles. The fraction of sp³-hybridized carbons (Fsp3) is 0.400. The zero-order valence-electron chi connectivity index (χ0n) is 16.5. The van der Waals surface area contributed by atoms with Crippen LogP contribution in [0, 0.1) is 0 Å². The first kappa shape index (κ1) is 20.0. The van der Waals surface area contributed by atoms with Gasteiger partial charge in [-0.3, -0.25) is 14.4 Å². The van der Waals surface area contributed by atoms with Crippen LogP contribution in [0.5, 0.6) is 5.88 Å². The van der Waals surface area contributed by atoms with Crippen molar-refractivity contribution in [2.45, 2.75) is 52.2 Å². The number of rotatable bonds is 6. The zero-order valence-corrected chi connectivity index (χ0v) is 17.3. The predicted molar refractivity (Wildman–Crippen MR) is 107 cm³/mol. The highest BCUT2D eigenvalue weighted by atomic mass is 32.1. The van der Waals surface area contributed by atoms with Crippen LogP contribution in [0.3, 0.4) is 0 Å². The van der Waals surface area contributed by atoms with Crippen molar-refractivity contribution < 1.29 is 19.1 Å². The smallest absolute Gasteiger partial charge is 0.263 e. The van der Waals surface area contributed by atoms with Gasteiger partial charge in [-0.15, -0.1) is 11.3 Å². The lowest BCUT2D eigenvalue weighted by molar-refractivity contribution is -0.132. The molecule has 7 nitrogen and oxygen atoms in total. The highest BCUT2D eigenvalue weighted by Crippen LogP contribution is 2.41. The molecule has 28 heavy (non-hydrogen) atoms. The number of nitrogens with zero attached hydrogens (tertiary/aromatic N) is 3. The van der Waals surface area contributed by atoms with E-state index in [4.69, 9.17) is 4.74 Å². The molecule has 0 saturated carbocycles. The number of hydrogen-bond donors (Lipinski definition) is 0. The molecule has 0 fully saturated rings. The molecule has 0 bridgehead atoms. The van der Waals surface area contributed by atoms with Gasteiger partial charge in [-0.25, -0.2) is 15.0 Å². The molecule has 2 aromatic rings. The standard InChI is InChI=1S/C20H23N3O4S/c1-12(2)27-15-9-8-13-17(21-15)16(18(25)14-7-6-10-28-14)19(26)23(13)22(11-24)20(3,4)5/h6-12,16H,1-5H3. The summed E-state index contributed by atoms with van der Waals surface area (Å²) in [6.07, 6.45) is 0.490. The number of carbonyl (C=O) groups excluding carboxylic acids is 3. The molecule has 0 aromatic carbocycles. The summed E-state index contributed by atoms with van der Waals surface area (Å²) in [6.45, 7) is 9.17. The normalized spacial score (nSPS) is 16.3. The number of thiophene rings is 1. The first-order valence-electron chi connectivity index (χ1n) is 8.99. The summed E-state index contributed by atoms with van der Waals surface area (Å²) in [6, 6.07) is 6.75. The summed E-state index contributed by atoms with van der Waals surface area (Å²) in [4.78, 5) is 43.2. The Morgan fingerprint density at radius 1 is 1.32 bits per heavy atom. The van der Waals surface area contributed by atoms with Crippen LogP contribution >= 0.6 is 11.3 Å². The maximum Gasteiger partial charge on any atom is 0.263 e. The van der Waals surface area contributed by atoms with Crippen molar-refractivity contribution >= 4 is 35.1 Å². The lowest BCUT2D eigenvalue weighted by Gasteiger charge is -2.38. The highest BCUT2D eigenvalue weighted by Gasteiger charge is 2.48. The molecule has 1 unspecified atom stereocenters. The second kappa shape index (κ2) is 7.35. The molecule has 3 rings (SSSR count). The minimum absolute atomic E-state index is 0.105. The number of carbonyl (C=O) groups is 3. The van der Waals surface area contributed by atoms with Crippen molar-refractivity contribution in [1.82, 2.24) is 9.99 Å². The summed E-state index contributed by atoms with van der Waals surface area (Å²) in [5.74, 6) is -1.61. The average Bonchev–Trinajstić information content (AvgIpc) is 3.21. The van der Waals surface area contributed by atoms with Crippen molar-refractivity contribution in [2.75, 3.05) is 5.01 Å². The molecule has 3 heterocycles. The van der Waals surface area contributed by atoms with Gasteiger partial charge >= 0.3 is 0 Å². The van der Waals surface area contributed by atoms with Crippen molar-refractivity contribution in [3.05, 3.63) is 40.2 Å².